The van der Waals surface area contributed by atoms with Crippen LogP contribution in [0.2, 0.25) is 0 Å². The third-order valence-corrected chi connectivity index (χ3v) is 8.31. The quantitative estimate of drug-likeness (QED) is 0.243. The third-order valence-electron chi connectivity index (χ3n) is 5.00. The van der Waals surface area contributed by atoms with Crippen molar-refractivity contribution in [2.45, 2.75) is 12.5 Å². The molecule has 0 aliphatic carbocycles. The van der Waals surface area contributed by atoms with Gasteiger partial charge in [-0.3, -0.25) is 13.8 Å². The summed E-state index contributed by atoms with van der Waals surface area (Å²) in [6.07, 6.45) is 6.41. The van der Waals surface area contributed by atoms with Gasteiger partial charge in [0.2, 0.25) is 0 Å². The molecule has 2 aromatic rings. The number of amides is 1. The van der Waals surface area contributed by atoms with Crippen LogP contribution in [0.3, 0.4) is 0 Å². The number of carbonyl (C=O) groups is 2. The van der Waals surface area contributed by atoms with Crippen molar-refractivity contribution in [2.75, 3.05) is 4.72 Å². The largest absolute Gasteiger partial charge is 0.480 e. The van der Waals surface area contributed by atoms with Crippen LogP contribution in [0, 0.1) is 3.57 Å². The fraction of sp³-hybridized carbons (Fsp3) is 0.0909. The van der Waals surface area contributed by atoms with Gasteiger partial charge in [0.1, 0.15) is 10.9 Å². The number of aliphatic carboxylic acids is 1. The summed E-state index contributed by atoms with van der Waals surface area (Å²) in [6.45, 7) is 0. The Labute approximate surface area is 228 Å². The monoisotopic (exact) mass is 688 g/mol. The second-order valence-electron chi connectivity index (χ2n) is 7.43. The first kappa shape index (κ1) is 25.6. The SMILES string of the molecule is O=C(N[C@H](Cc1cccc(Br)c1)C(=O)O)c1ccc(I)cc1NS(=O)(=O)C1=CC=CN2SNC=C12. The highest BCUT2D eigenvalue weighted by Crippen LogP contribution is 2.34. The number of halogens is 2. The standard InChI is InChI=1S/C22H18BrIN4O5S2/c23-14-4-1-3-13(9-14)10-18(22(30)31)26-21(29)16-7-6-15(24)11-17(16)27-35(32,33)20-5-2-8-28-19(20)12-25-34-28/h1-9,11-12,18,25,27H,10H2,(H,26,29)(H,30,31)/t18-/m1/s1. The Morgan fingerprint density at radius 3 is 2.77 bits per heavy atom. The number of rotatable bonds is 8. The third kappa shape index (κ3) is 6.02. The zero-order chi connectivity index (χ0) is 25.2. The van der Waals surface area contributed by atoms with Crippen molar-refractivity contribution in [1.29, 1.82) is 0 Å². The van der Waals surface area contributed by atoms with E-state index in [1.807, 2.05) is 28.7 Å². The summed E-state index contributed by atoms with van der Waals surface area (Å²) in [4.78, 5) is 25.0. The zero-order valence-corrected chi connectivity index (χ0v) is 23.1. The second kappa shape index (κ2) is 10.6. The fourth-order valence-electron chi connectivity index (χ4n) is 3.40. The molecule has 2 aliphatic heterocycles. The van der Waals surface area contributed by atoms with Crippen molar-refractivity contribution in [2.24, 2.45) is 0 Å². The maximum atomic E-state index is 13.2. The Morgan fingerprint density at radius 1 is 1.23 bits per heavy atom. The van der Waals surface area contributed by atoms with Gasteiger partial charge in [0.15, 0.2) is 0 Å². The van der Waals surface area contributed by atoms with Crippen molar-refractivity contribution in [3.8, 4) is 0 Å². The van der Waals surface area contributed by atoms with E-state index in [-0.39, 0.29) is 22.6 Å². The summed E-state index contributed by atoms with van der Waals surface area (Å²) in [6, 6.07) is 10.5. The van der Waals surface area contributed by atoms with Crippen molar-refractivity contribution >= 4 is 78.2 Å². The van der Waals surface area contributed by atoms with Crippen LogP contribution >= 0.6 is 50.7 Å². The molecule has 0 saturated carbocycles. The number of hydrogen-bond donors (Lipinski definition) is 4. The lowest BCUT2D eigenvalue weighted by molar-refractivity contribution is -0.139. The van der Waals surface area contributed by atoms with E-state index in [1.165, 1.54) is 30.3 Å². The average molecular weight is 689 g/mol. The van der Waals surface area contributed by atoms with Gasteiger partial charge in [-0.25, -0.2) is 13.2 Å². The molecule has 0 saturated heterocycles. The maximum Gasteiger partial charge on any atom is 0.326 e. The lowest BCUT2D eigenvalue weighted by Crippen LogP contribution is -2.42. The van der Waals surface area contributed by atoms with E-state index in [9.17, 15) is 23.1 Å². The van der Waals surface area contributed by atoms with E-state index in [0.717, 1.165) is 4.47 Å². The van der Waals surface area contributed by atoms with E-state index in [1.54, 1.807) is 47.0 Å². The summed E-state index contributed by atoms with van der Waals surface area (Å²) < 4.78 is 35.0. The summed E-state index contributed by atoms with van der Waals surface area (Å²) in [7, 11) is -4.07. The number of carbonyl (C=O) groups excluding carboxylic acids is 1. The number of carboxylic acid groups (broad SMARTS) is 1. The van der Waals surface area contributed by atoms with Gasteiger partial charge in [0.25, 0.3) is 15.9 Å². The Kier molecular flexibility index (Phi) is 7.78. The molecule has 0 spiro atoms. The second-order valence-corrected chi connectivity index (χ2v) is 12.1. The molecular weight excluding hydrogens is 671 g/mol. The van der Waals surface area contributed by atoms with Crippen molar-refractivity contribution in [3.63, 3.8) is 0 Å². The van der Waals surface area contributed by atoms with E-state index >= 15 is 0 Å². The van der Waals surface area contributed by atoms with E-state index in [0.29, 0.717) is 14.8 Å². The number of nitrogens with zero attached hydrogens (tertiary/aromatic N) is 1. The Bertz CT molecular complexity index is 1390. The average Bonchev–Trinajstić information content (AvgIpc) is 3.27. The normalized spacial score (nSPS) is 15.4. The molecule has 2 aromatic carbocycles. The first-order valence-electron chi connectivity index (χ1n) is 10.1. The molecule has 4 N–H and O–H groups in total. The molecule has 0 unspecified atom stereocenters. The van der Waals surface area contributed by atoms with Gasteiger partial charge in [0.05, 0.1) is 29.1 Å². The van der Waals surface area contributed by atoms with Crippen LogP contribution in [0.15, 0.2) is 82.1 Å². The number of benzene rings is 2. The van der Waals surface area contributed by atoms with Crippen LogP contribution in [0.25, 0.3) is 0 Å². The molecule has 2 aliphatic rings. The van der Waals surface area contributed by atoms with Crippen molar-refractivity contribution < 1.29 is 23.1 Å². The number of hydrogen-bond acceptors (Lipinski definition) is 7. The van der Waals surface area contributed by atoms with Gasteiger partial charge in [-0.1, -0.05) is 28.1 Å². The smallest absolute Gasteiger partial charge is 0.326 e. The molecule has 0 aromatic heterocycles. The molecule has 9 nitrogen and oxygen atoms in total. The maximum absolute atomic E-state index is 13.2. The molecule has 2 heterocycles. The molecule has 0 bridgehead atoms. The number of fused-ring (bicyclic) bond motifs is 1. The minimum Gasteiger partial charge on any atom is -0.480 e. The Hall–Kier alpha value is -2.49. The lowest BCUT2D eigenvalue weighted by atomic mass is 10.1. The zero-order valence-electron chi connectivity index (χ0n) is 17.7. The predicted molar refractivity (Wildman–Crippen MR) is 146 cm³/mol. The summed E-state index contributed by atoms with van der Waals surface area (Å²) in [5.41, 5.74) is 1.21. The molecule has 1 amide bonds. The highest BCUT2D eigenvalue weighted by Gasteiger charge is 2.31. The molecule has 4 rings (SSSR count). The van der Waals surface area contributed by atoms with Crippen LogP contribution in [0.4, 0.5) is 5.69 Å². The topological polar surface area (TPSA) is 128 Å². The first-order valence-corrected chi connectivity index (χ1v) is 14.2. The van der Waals surface area contributed by atoms with Crippen LogP contribution in [0.5, 0.6) is 0 Å². The highest BCUT2D eigenvalue weighted by molar-refractivity contribution is 14.1. The van der Waals surface area contributed by atoms with Gasteiger partial charge < -0.3 is 15.1 Å². The van der Waals surface area contributed by atoms with Crippen LogP contribution in [-0.4, -0.2) is 35.7 Å². The van der Waals surface area contributed by atoms with Crippen molar-refractivity contribution in [1.82, 2.24) is 14.3 Å². The number of sulfonamides is 1. The van der Waals surface area contributed by atoms with E-state index in [4.69, 9.17) is 0 Å². The molecule has 0 radical (unpaired) electrons. The molecule has 1 atom stereocenters. The number of carboxylic acids is 1. The summed E-state index contributed by atoms with van der Waals surface area (Å²) >= 11 is 6.58. The lowest BCUT2D eigenvalue weighted by Gasteiger charge is -2.21. The van der Waals surface area contributed by atoms with Gasteiger partial charge in [-0.2, -0.15) is 0 Å². The molecule has 182 valence electrons. The molecule has 35 heavy (non-hydrogen) atoms. The summed E-state index contributed by atoms with van der Waals surface area (Å²) in [5.74, 6) is -1.92. The Morgan fingerprint density at radius 2 is 2.03 bits per heavy atom. The minimum atomic E-state index is -4.07. The molecule has 0 fully saturated rings. The molecular formula is C22H18BrIN4O5S2. The van der Waals surface area contributed by atoms with E-state index in [2.05, 4.69) is 30.7 Å². The van der Waals surface area contributed by atoms with Gasteiger partial charge in [-0.15, -0.1) is 0 Å². The predicted octanol–water partition coefficient (Wildman–Crippen LogP) is 3.94. The molecule has 13 heteroatoms. The van der Waals surface area contributed by atoms with Gasteiger partial charge >= 0.3 is 5.97 Å². The van der Waals surface area contributed by atoms with Crippen LogP contribution < -0.4 is 14.8 Å². The minimum absolute atomic E-state index is 0.00573. The van der Waals surface area contributed by atoms with Gasteiger partial charge in [0, 0.05) is 26.9 Å². The van der Waals surface area contributed by atoms with Gasteiger partial charge in [-0.05, 0) is 70.6 Å². The van der Waals surface area contributed by atoms with Crippen LogP contribution in [-0.2, 0) is 21.2 Å². The number of anilines is 1. The fourth-order valence-corrected chi connectivity index (χ4v) is 6.31. The number of allylic oxidation sites excluding steroid dienone is 2. The summed E-state index contributed by atoms with van der Waals surface area (Å²) in [5, 5.41) is 12.2. The number of nitrogens with one attached hydrogen (secondary N) is 3. The highest BCUT2D eigenvalue weighted by atomic mass is 127. The van der Waals surface area contributed by atoms with Crippen molar-refractivity contribution in [3.05, 3.63) is 96.8 Å². The first-order chi connectivity index (χ1) is 16.6. The van der Waals surface area contributed by atoms with Crippen LogP contribution in [0.1, 0.15) is 15.9 Å². The Balaban J connectivity index is 1.59. The van der Waals surface area contributed by atoms with E-state index < -0.39 is 27.9 Å².